The minimum atomic E-state index is 0.250. The first-order valence-corrected chi connectivity index (χ1v) is 42.8. The molecule has 16 heteroatoms. The van der Waals surface area contributed by atoms with E-state index >= 15 is 0 Å². The molecule has 0 unspecified atom stereocenters. The number of nitrogens with zero attached hydrogens (tertiary/aromatic N) is 4. The molecule has 648 valence electrons. The number of phenols is 2. The van der Waals surface area contributed by atoms with E-state index in [1.54, 1.807) is 59.8 Å². The number of hydrogen-bond acceptors (Lipinski definition) is 16. The van der Waals surface area contributed by atoms with Crippen molar-refractivity contribution in [2.45, 2.75) is 40.0 Å². The fraction of sp³-hybridized carbons (Fsp3) is 0.0965. The van der Waals surface area contributed by atoms with Crippen LogP contribution in [-0.4, -0.2) is 63.4 Å². The second kappa shape index (κ2) is 45.6. The summed E-state index contributed by atoms with van der Waals surface area (Å²) in [5, 5.41) is 36.2. The number of carbonyl (C=O) groups is 1. The fourth-order valence-corrected chi connectivity index (χ4v) is 15.3. The van der Waals surface area contributed by atoms with E-state index in [9.17, 15) is 15.0 Å². The standard InChI is InChI=1S/C26H23NO2.C25H23NO.C17H13NO.C13H11NOS.C12H13NO.C11H11NO.C10H9NO/c1-29-23-13-14-24-22(19-28)12-15-26(25(24)16-23)27(17-20-8-4-2-5-9-20)18-21-10-6-3-7-11-21;1-27-23-16-15-22-13-8-14-25(24(22)17-23)26(18-20-9-4-2-5-10-20)19-21-11-6-3-7-12-21;19-15-10-9-14-7-4-8-17(16(14)11-15)18-12-13-5-2-1-3-6-13;1-9-3-6-13(14-8-16)12-7-10(15-2)4-5-11(9)12;1-8-3-6-12(13)11-7-9(14-2)4-5-10(8)11;1-13-9-6-5-8-3-2-4-11(12)10(8)7-9;11-10-3-1-2-7-4-5-8(12)6-9(7)10/h2-16,19H,17-18H2,1H3;2-17H,18-19H2,1H3;1-12,19H;3-7H,1-2H3;3-7H,13H2,1-2H3;2-7H,12H2,1H3;1-6,12H,11H2. The van der Waals surface area contributed by atoms with Crippen molar-refractivity contribution in [3.8, 4) is 40.2 Å². The molecule has 0 bridgehead atoms. The molecule has 19 aromatic carbocycles. The van der Waals surface area contributed by atoms with Gasteiger partial charge >= 0.3 is 0 Å². The minimum Gasteiger partial charge on any atom is -0.508 e. The molecule has 0 amide bonds. The van der Waals surface area contributed by atoms with Crippen LogP contribution in [0.25, 0.3) is 75.4 Å². The topological polar surface area (TPSA) is 213 Å². The number of aliphatic imine (C=N–C) groups is 2. The lowest BCUT2D eigenvalue weighted by molar-refractivity contribution is 0.112. The van der Waals surface area contributed by atoms with Gasteiger partial charge in [0.1, 0.15) is 40.2 Å². The highest BCUT2D eigenvalue weighted by atomic mass is 32.1. The monoisotopic (exact) mass is 1730 g/mol. The van der Waals surface area contributed by atoms with Crippen molar-refractivity contribution in [3.05, 3.63) is 433 Å². The number of aryl methyl sites for hydroxylation is 2. The zero-order valence-corrected chi connectivity index (χ0v) is 74.5. The summed E-state index contributed by atoms with van der Waals surface area (Å²) in [4.78, 5) is 24.9. The molecule has 0 saturated heterocycles. The Bertz CT molecular complexity index is 7030. The fourth-order valence-electron chi connectivity index (χ4n) is 15.2. The van der Waals surface area contributed by atoms with Gasteiger partial charge in [0.2, 0.25) is 0 Å². The van der Waals surface area contributed by atoms with E-state index in [0.29, 0.717) is 11.3 Å². The molecule has 15 nitrogen and oxygen atoms in total. The SMILES string of the molecule is COc1ccc2c(C)ccc(N)c2c1.COc1ccc2c(C)ccc(N=C=S)c2c1.COc1ccc2c(C=O)ccc(N(Cc3ccccc3)Cc3ccccc3)c2c1.COc1ccc2cccc(N(Cc3ccccc3)Cc3ccccc3)c2c1.COc1ccc2cccc(N)c2c1.Nc1cccc2ccc(O)cc12.Oc1ccc2cccc(N=Cc3ccccc3)c2c1. The van der Waals surface area contributed by atoms with Crippen LogP contribution in [0.1, 0.15) is 49.3 Å². The number of nitrogen functional groups attached to an aromatic ring is 3. The summed E-state index contributed by atoms with van der Waals surface area (Å²) >= 11 is 4.64. The maximum atomic E-state index is 11.6. The van der Waals surface area contributed by atoms with Gasteiger partial charge in [-0.25, -0.2) is 0 Å². The summed E-state index contributed by atoms with van der Waals surface area (Å²) in [5.74, 6) is 4.67. The lowest BCUT2D eigenvalue weighted by Crippen LogP contribution is -2.22. The average Bonchev–Trinajstić information content (AvgIpc) is 0.768. The number of fused-ring (bicyclic) bond motifs is 7. The van der Waals surface area contributed by atoms with Crippen LogP contribution in [0.15, 0.2) is 398 Å². The van der Waals surface area contributed by atoms with Crippen molar-refractivity contribution in [1.29, 1.82) is 0 Å². The highest BCUT2D eigenvalue weighted by Gasteiger charge is 2.18. The van der Waals surface area contributed by atoms with Gasteiger partial charge in [0, 0.05) is 104 Å². The van der Waals surface area contributed by atoms with E-state index in [1.807, 2.05) is 231 Å². The highest BCUT2D eigenvalue weighted by molar-refractivity contribution is 7.78. The van der Waals surface area contributed by atoms with Crippen molar-refractivity contribution >= 4 is 145 Å². The largest absolute Gasteiger partial charge is 0.508 e. The van der Waals surface area contributed by atoms with Crippen LogP contribution in [0.5, 0.6) is 40.2 Å². The molecule has 0 fully saturated rings. The Hall–Kier alpha value is -16.3. The number of anilines is 5. The van der Waals surface area contributed by atoms with Crippen molar-refractivity contribution in [3.63, 3.8) is 0 Å². The molecule has 8 N–H and O–H groups in total. The van der Waals surface area contributed by atoms with Crippen LogP contribution in [0, 0.1) is 13.8 Å². The van der Waals surface area contributed by atoms with Gasteiger partial charge in [-0.05, 0) is 242 Å². The summed E-state index contributed by atoms with van der Waals surface area (Å²) in [6.07, 6.45) is 2.75. The minimum absolute atomic E-state index is 0.250. The average molecular weight is 1730 g/mol. The Kier molecular flexibility index (Phi) is 32.1. The predicted octanol–water partition coefficient (Wildman–Crippen LogP) is 27.4. The Labute approximate surface area is 764 Å². The molecule has 0 spiro atoms. The third-order valence-corrected chi connectivity index (χ3v) is 22.1. The van der Waals surface area contributed by atoms with E-state index in [0.717, 1.165) is 154 Å². The first-order valence-electron chi connectivity index (χ1n) is 42.4. The van der Waals surface area contributed by atoms with Crippen molar-refractivity contribution in [2.24, 2.45) is 9.98 Å². The quantitative estimate of drug-likeness (QED) is 0.0221. The summed E-state index contributed by atoms with van der Waals surface area (Å²) in [7, 11) is 8.35. The normalized spacial score (nSPS) is 10.5. The number of nitrogens with two attached hydrogens (primary N) is 3. The molecular formula is C114H103N7O8S. The number of isothiocyanates is 1. The molecule has 0 radical (unpaired) electrons. The van der Waals surface area contributed by atoms with Crippen LogP contribution >= 0.6 is 12.2 Å². The Morgan fingerprint density at radius 1 is 0.315 bits per heavy atom. The number of aromatic hydroxyl groups is 2. The summed E-state index contributed by atoms with van der Waals surface area (Å²) in [6.45, 7) is 7.39. The number of benzene rings is 19. The van der Waals surface area contributed by atoms with E-state index in [-0.39, 0.29) is 11.5 Å². The van der Waals surface area contributed by atoms with E-state index in [2.05, 4.69) is 191 Å². The first-order chi connectivity index (χ1) is 63.5. The van der Waals surface area contributed by atoms with Gasteiger partial charge in [-0.1, -0.05) is 249 Å². The lowest BCUT2D eigenvalue weighted by atomic mass is 10.0. The number of methoxy groups -OCH3 is 5. The summed E-state index contributed by atoms with van der Waals surface area (Å²) in [6, 6.07) is 128. The van der Waals surface area contributed by atoms with Gasteiger partial charge in [0.25, 0.3) is 0 Å². The molecule has 19 aromatic rings. The van der Waals surface area contributed by atoms with Crippen LogP contribution in [0.3, 0.4) is 0 Å². The molecule has 0 saturated carbocycles. The van der Waals surface area contributed by atoms with Gasteiger partial charge in [-0.3, -0.25) is 9.79 Å². The molecule has 0 aliphatic carbocycles. The predicted molar refractivity (Wildman–Crippen MR) is 546 cm³/mol. The van der Waals surface area contributed by atoms with Crippen LogP contribution in [-0.2, 0) is 26.2 Å². The van der Waals surface area contributed by atoms with Crippen LogP contribution in [0.4, 0.5) is 39.8 Å². The van der Waals surface area contributed by atoms with Gasteiger partial charge in [-0.15, -0.1) is 0 Å². The Morgan fingerprint density at radius 2 is 0.677 bits per heavy atom. The number of aldehydes is 1. The van der Waals surface area contributed by atoms with Gasteiger partial charge in [0.15, 0.2) is 6.29 Å². The van der Waals surface area contributed by atoms with Gasteiger partial charge < -0.3 is 60.9 Å². The Balaban J connectivity index is 0.000000132. The summed E-state index contributed by atoms with van der Waals surface area (Å²) in [5.41, 5.74) is 33.0. The molecule has 19 rings (SSSR count). The van der Waals surface area contributed by atoms with Crippen molar-refractivity contribution < 1.29 is 38.7 Å². The van der Waals surface area contributed by atoms with E-state index < -0.39 is 0 Å². The first kappa shape index (κ1) is 91.4. The number of carbonyl (C=O) groups excluding carboxylic acids is 1. The lowest BCUT2D eigenvalue weighted by Gasteiger charge is -2.27. The number of phenolic OH excluding ortho intramolecular Hbond substituents is 2. The number of hydrogen-bond donors (Lipinski definition) is 5. The van der Waals surface area contributed by atoms with Crippen molar-refractivity contribution in [2.75, 3.05) is 62.5 Å². The smallest absolute Gasteiger partial charge is 0.150 e. The highest BCUT2D eigenvalue weighted by Crippen LogP contribution is 2.38. The number of thiocarbonyl (C=S) groups is 1. The second-order valence-corrected chi connectivity index (χ2v) is 30.8. The summed E-state index contributed by atoms with van der Waals surface area (Å²) < 4.78 is 26.4. The molecule has 0 aliphatic heterocycles. The van der Waals surface area contributed by atoms with E-state index in [4.69, 9.17) is 40.9 Å². The van der Waals surface area contributed by atoms with E-state index in [1.165, 1.54) is 55.2 Å². The third kappa shape index (κ3) is 24.2. The third-order valence-electron chi connectivity index (χ3n) is 22.1. The van der Waals surface area contributed by atoms with Crippen molar-refractivity contribution in [1.82, 2.24) is 0 Å². The molecule has 0 atom stereocenters. The molecule has 0 aromatic heterocycles. The van der Waals surface area contributed by atoms with Gasteiger partial charge in [-0.2, -0.15) is 4.99 Å². The molecule has 0 heterocycles. The molecule has 0 aliphatic rings. The zero-order valence-electron chi connectivity index (χ0n) is 73.7. The molecular weight excluding hydrogens is 1630 g/mol. The number of rotatable bonds is 19. The maximum absolute atomic E-state index is 11.6. The zero-order chi connectivity index (χ0) is 91.1. The second-order valence-electron chi connectivity index (χ2n) is 30.7. The maximum Gasteiger partial charge on any atom is 0.150 e. The molecule has 130 heavy (non-hydrogen) atoms. The Morgan fingerprint density at radius 3 is 1.15 bits per heavy atom. The van der Waals surface area contributed by atoms with Crippen LogP contribution < -0.4 is 50.7 Å². The van der Waals surface area contributed by atoms with Crippen LogP contribution in [0.2, 0.25) is 0 Å². The number of ether oxygens (including phenoxy) is 5. The van der Waals surface area contributed by atoms with Gasteiger partial charge in [0.05, 0.1) is 52.1 Å².